The number of halogens is 1. The first kappa shape index (κ1) is 18.5. The van der Waals surface area contributed by atoms with Gasteiger partial charge in [0.25, 0.3) is 0 Å². The van der Waals surface area contributed by atoms with Crippen molar-refractivity contribution in [1.29, 1.82) is 0 Å². The van der Waals surface area contributed by atoms with E-state index in [0.29, 0.717) is 5.92 Å². The molecule has 0 radical (unpaired) electrons. The van der Waals surface area contributed by atoms with Crippen molar-refractivity contribution in [2.24, 2.45) is 0 Å². The van der Waals surface area contributed by atoms with Crippen LogP contribution < -0.4 is 0 Å². The van der Waals surface area contributed by atoms with Gasteiger partial charge in [0, 0.05) is 63.1 Å². The van der Waals surface area contributed by atoms with Gasteiger partial charge >= 0.3 is 0 Å². The van der Waals surface area contributed by atoms with Gasteiger partial charge in [0.15, 0.2) is 0 Å². The first-order valence-corrected chi connectivity index (χ1v) is 10.3. The molecule has 2 fully saturated rings. The smallest absolute Gasteiger partial charge is 0.131 e. The van der Waals surface area contributed by atoms with E-state index in [1.54, 1.807) is 12.1 Å². The predicted octanol–water partition coefficient (Wildman–Crippen LogP) is 3.98. The third-order valence-electron chi connectivity index (χ3n) is 5.86. The number of piperazine rings is 1. The van der Waals surface area contributed by atoms with Crippen molar-refractivity contribution < 1.29 is 4.39 Å². The standard InChI is InChI=1S/C22H29FN4/c23-21-8-4-5-18(13-21)16-26-9-11-27(12-10-26)17-19-14-24-22(25-15-19)20-6-2-1-3-7-20/h4-5,8,13-15,20H,1-3,6-7,9-12,16-17H2. The molecule has 0 atom stereocenters. The highest BCUT2D eigenvalue weighted by Gasteiger charge is 2.19. The number of benzene rings is 1. The van der Waals surface area contributed by atoms with Crippen molar-refractivity contribution in [3.63, 3.8) is 0 Å². The Morgan fingerprint density at radius 2 is 1.48 bits per heavy atom. The Bertz CT molecular complexity index is 719. The monoisotopic (exact) mass is 368 g/mol. The van der Waals surface area contributed by atoms with Crippen LogP contribution in [-0.4, -0.2) is 45.9 Å². The van der Waals surface area contributed by atoms with Gasteiger partial charge in [-0.2, -0.15) is 0 Å². The van der Waals surface area contributed by atoms with E-state index in [0.717, 1.165) is 50.7 Å². The summed E-state index contributed by atoms with van der Waals surface area (Å²) in [6, 6.07) is 6.93. The molecule has 0 unspecified atom stereocenters. The molecule has 0 amide bonds. The fourth-order valence-electron chi connectivity index (χ4n) is 4.28. The predicted molar refractivity (Wildman–Crippen MR) is 105 cm³/mol. The Kier molecular flexibility index (Phi) is 6.10. The lowest BCUT2D eigenvalue weighted by molar-refractivity contribution is 0.121. The maximum atomic E-state index is 13.3. The van der Waals surface area contributed by atoms with E-state index in [9.17, 15) is 4.39 Å². The highest BCUT2D eigenvalue weighted by Crippen LogP contribution is 2.30. The fraction of sp³-hybridized carbons (Fsp3) is 0.545. The maximum absolute atomic E-state index is 13.3. The average Bonchev–Trinajstić information content (AvgIpc) is 2.71. The second-order valence-corrected chi connectivity index (χ2v) is 7.97. The van der Waals surface area contributed by atoms with E-state index in [4.69, 9.17) is 0 Å². The molecule has 27 heavy (non-hydrogen) atoms. The molecular weight excluding hydrogens is 339 g/mol. The Hall–Kier alpha value is -1.85. The van der Waals surface area contributed by atoms with Gasteiger partial charge in [0.05, 0.1) is 0 Å². The van der Waals surface area contributed by atoms with Crippen LogP contribution in [0.15, 0.2) is 36.7 Å². The van der Waals surface area contributed by atoms with E-state index in [1.807, 2.05) is 18.5 Å². The fourth-order valence-corrected chi connectivity index (χ4v) is 4.28. The zero-order valence-electron chi connectivity index (χ0n) is 16.0. The van der Waals surface area contributed by atoms with Crippen LogP contribution in [0.2, 0.25) is 0 Å². The quantitative estimate of drug-likeness (QED) is 0.799. The summed E-state index contributed by atoms with van der Waals surface area (Å²) in [7, 11) is 0. The lowest BCUT2D eigenvalue weighted by Gasteiger charge is -2.34. The normalized spacial score (nSPS) is 20.0. The largest absolute Gasteiger partial charge is 0.297 e. The van der Waals surface area contributed by atoms with Crippen LogP contribution in [0.3, 0.4) is 0 Å². The Morgan fingerprint density at radius 3 is 2.11 bits per heavy atom. The molecule has 0 N–H and O–H groups in total. The third kappa shape index (κ3) is 5.11. The van der Waals surface area contributed by atoms with Crippen molar-refractivity contribution in [2.45, 2.75) is 51.1 Å². The second-order valence-electron chi connectivity index (χ2n) is 7.97. The molecule has 1 aromatic heterocycles. The molecule has 0 spiro atoms. The second kappa shape index (κ2) is 8.89. The van der Waals surface area contributed by atoms with E-state index in [2.05, 4.69) is 19.8 Å². The van der Waals surface area contributed by atoms with Crippen molar-refractivity contribution in [2.75, 3.05) is 26.2 Å². The minimum atomic E-state index is -0.150. The highest BCUT2D eigenvalue weighted by atomic mass is 19.1. The van der Waals surface area contributed by atoms with Crippen molar-refractivity contribution in [1.82, 2.24) is 19.8 Å². The number of hydrogen-bond donors (Lipinski definition) is 0. The van der Waals surface area contributed by atoms with Gasteiger partial charge in [0.1, 0.15) is 11.6 Å². The summed E-state index contributed by atoms with van der Waals surface area (Å²) < 4.78 is 13.3. The van der Waals surface area contributed by atoms with Crippen LogP contribution in [0.25, 0.3) is 0 Å². The summed E-state index contributed by atoms with van der Waals surface area (Å²) in [6.07, 6.45) is 10.5. The molecule has 5 heteroatoms. The Morgan fingerprint density at radius 1 is 0.852 bits per heavy atom. The third-order valence-corrected chi connectivity index (χ3v) is 5.86. The van der Waals surface area contributed by atoms with Gasteiger partial charge in [-0.25, -0.2) is 14.4 Å². The maximum Gasteiger partial charge on any atom is 0.131 e. The van der Waals surface area contributed by atoms with Gasteiger partial charge in [0.2, 0.25) is 0 Å². The van der Waals surface area contributed by atoms with Gasteiger partial charge in [-0.1, -0.05) is 31.4 Å². The van der Waals surface area contributed by atoms with Crippen LogP contribution in [-0.2, 0) is 13.1 Å². The molecule has 1 saturated carbocycles. The van der Waals surface area contributed by atoms with Gasteiger partial charge in [-0.3, -0.25) is 9.80 Å². The topological polar surface area (TPSA) is 32.3 Å². The van der Waals surface area contributed by atoms with Crippen molar-refractivity contribution in [3.05, 3.63) is 59.4 Å². The highest BCUT2D eigenvalue weighted by molar-refractivity contribution is 5.16. The SMILES string of the molecule is Fc1cccc(CN2CCN(Cc3cnc(C4CCCCC4)nc3)CC2)c1. The van der Waals surface area contributed by atoms with Gasteiger partial charge in [-0.05, 0) is 30.5 Å². The van der Waals surface area contributed by atoms with E-state index >= 15 is 0 Å². The van der Waals surface area contributed by atoms with E-state index in [-0.39, 0.29) is 5.82 Å². The summed E-state index contributed by atoms with van der Waals surface area (Å²) >= 11 is 0. The van der Waals surface area contributed by atoms with Gasteiger partial charge < -0.3 is 0 Å². The molecule has 2 aliphatic rings. The number of nitrogens with zero attached hydrogens (tertiary/aromatic N) is 4. The first-order chi connectivity index (χ1) is 13.3. The Labute approximate surface area is 161 Å². The molecular formula is C22H29FN4. The molecule has 1 aromatic carbocycles. The molecule has 0 bridgehead atoms. The van der Waals surface area contributed by atoms with Crippen LogP contribution in [0.5, 0.6) is 0 Å². The van der Waals surface area contributed by atoms with E-state index < -0.39 is 0 Å². The lowest BCUT2D eigenvalue weighted by atomic mass is 9.89. The van der Waals surface area contributed by atoms with Crippen LogP contribution in [0.1, 0.15) is 55.0 Å². The molecule has 1 aliphatic heterocycles. The molecule has 2 heterocycles. The molecule has 4 rings (SSSR count). The summed E-state index contributed by atoms with van der Waals surface area (Å²) in [4.78, 5) is 14.2. The molecule has 2 aromatic rings. The summed E-state index contributed by atoms with van der Waals surface area (Å²) in [5, 5.41) is 0. The van der Waals surface area contributed by atoms with Crippen LogP contribution in [0, 0.1) is 5.82 Å². The zero-order chi connectivity index (χ0) is 18.5. The average molecular weight is 369 g/mol. The minimum Gasteiger partial charge on any atom is -0.297 e. The summed E-state index contributed by atoms with van der Waals surface area (Å²) in [5.41, 5.74) is 2.25. The molecule has 1 saturated heterocycles. The first-order valence-electron chi connectivity index (χ1n) is 10.3. The lowest BCUT2D eigenvalue weighted by Crippen LogP contribution is -2.45. The number of rotatable bonds is 5. The van der Waals surface area contributed by atoms with Crippen molar-refractivity contribution in [3.8, 4) is 0 Å². The molecule has 144 valence electrons. The zero-order valence-corrected chi connectivity index (χ0v) is 16.0. The van der Waals surface area contributed by atoms with Crippen molar-refractivity contribution >= 4 is 0 Å². The van der Waals surface area contributed by atoms with Crippen LogP contribution in [0.4, 0.5) is 4.39 Å². The van der Waals surface area contributed by atoms with E-state index in [1.165, 1.54) is 43.7 Å². The molecule has 1 aliphatic carbocycles. The van der Waals surface area contributed by atoms with Gasteiger partial charge in [-0.15, -0.1) is 0 Å². The summed E-state index contributed by atoms with van der Waals surface area (Å²) in [6.45, 7) is 5.82. The Balaban J connectivity index is 1.25. The number of aromatic nitrogens is 2. The number of hydrogen-bond acceptors (Lipinski definition) is 4. The van der Waals surface area contributed by atoms with Crippen LogP contribution >= 0.6 is 0 Å². The molecule has 4 nitrogen and oxygen atoms in total. The summed E-state index contributed by atoms with van der Waals surface area (Å²) in [5.74, 6) is 1.46. The minimum absolute atomic E-state index is 0.150.